The van der Waals surface area contributed by atoms with Crippen LogP contribution in [0, 0.1) is 0 Å². The minimum absolute atomic E-state index is 0. The van der Waals surface area contributed by atoms with Gasteiger partial charge in [-0.3, -0.25) is 4.55 Å². The van der Waals surface area contributed by atoms with E-state index in [0.717, 1.165) is 38.5 Å². The van der Waals surface area contributed by atoms with Crippen LogP contribution in [0.15, 0.2) is 94.7 Å². The Kier molecular flexibility index (Phi) is 23.8. The molecular formula is C44H58CaO10S2. The fourth-order valence-electron chi connectivity index (χ4n) is 6.23. The van der Waals surface area contributed by atoms with Crippen LogP contribution in [0.25, 0.3) is 0 Å². The SMILES string of the molecule is CCCCCCCCCCc1cc(S(=O)(=O)O)ccc1Oc1ccccc1O.CCCCCCCCCCc1cc(S(=O)(=O)[O-])ccc1Oc1ccccc1[O-].[Ca+2]. The van der Waals surface area contributed by atoms with E-state index in [4.69, 9.17) is 9.47 Å². The van der Waals surface area contributed by atoms with Crippen LogP contribution < -0.4 is 14.6 Å². The maximum absolute atomic E-state index is 11.9. The number of hydrogen-bond acceptors (Lipinski definition) is 9. The first-order valence-electron chi connectivity index (χ1n) is 19.9. The van der Waals surface area contributed by atoms with E-state index in [2.05, 4.69) is 13.8 Å². The van der Waals surface area contributed by atoms with E-state index < -0.39 is 20.2 Å². The molecule has 0 saturated carbocycles. The summed E-state index contributed by atoms with van der Waals surface area (Å²) in [6.45, 7) is 4.40. The smallest absolute Gasteiger partial charge is 0.870 e. The van der Waals surface area contributed by atoms with Crippen molar-refractivity contribution in [1.29, 1.82) is 0 Å². The Bertz CT molecular complexity index is 1840. The second-order valence-electron chi connectivity index (χ2n) is 14.0. The molecule has 4 aromatic rings. The second-order valence-corrected chi connectivity index (χ2v) is 16.8. The Labute approximate surface area is 370 Å². The molecule has 308 valence electrons. The van der Waals surface area contributed by atoms with Crippen molar-refractivity contribution < 1.29 is 45.6 Å². The fourth-order valence-corrected chi connectivity index (χ4v) is 7.28. The first-order valence-corrected chi connectivity index (χ1v) is 22.8. The van der Waals surface area contributed by atoms with Gasteiger partial charge in [0, 0.05) is 0 Å². The van der Waals surface area contributed by atoms with Gasteiger partial charge in [-0.25, -0.2) is 8.42 Å². The summed E-state index contributed by atoms with van der Waals surface area (Å²) in [7, 11) is -8.81. The van der Waals surface area contributed by atoms with Gasteiger partial charge in [-0.15, -0.1) is 0 Å². The molecule has 0 aromatic heterocycles. The molecule has 0 bridgehead atoms. The topological polar surface area (TPSA) is 173 Å². The van der Waals surface area contributed by atoms with Crippen molar-refractivity contribution in [3.05, 3.63) is 96.1 Å². The van der Waals surface area contributed by atoms with E-state index in [1.807, 2.05) is 0 Å². The van der Waals surface area contributed by atoms with Crippen LogP contribution in [0.3, 0.4) is 0 Å². The van der Waals surface area contributed by atoms with Crippen molar-refractivity contribution in [3.8, 4) is 34.5 Å². The Morgan fingerprint density at radius 3 is 1.39 bits per heavy atom. The molecule has 57 heavy (non-hydrogen) atoms. The number of benzene rings is 4. The first kappa shape index (κ1) is 50.3. The molecule has 0 fully saturated rings. The van der Waals surface area contributed by atoms with E-state index >= 15 is 0 Å². The number of unbranched alkanes of at least 4 members (excludes halogenated alkanes) is 14. The number of aryl methyl sites for hydroxylation is 2. The zero-order valence-corrected chi connectivity index (χ0v) is 37.3. The normalized spacial score (nSPS) is 11.3. The second kappa shape index (κ2) is 27.0. The van der Waals surface area contributed by atoms with Crippen molar-refractivity contribution in [2.45, 2.75) is 139 Å². The molecule has 0 heterocycles. The molecule has 0 aliphatic carbocycles. The van der Waals surface area contributed by atoms with E-state index in [0.29, 0.717) is 41.2 Å². The number of phenols is 1. The van der Waals surface area contributed by atoms with Gasteiger partial charge in [-0.2, -0.15) is 8.42 Å². The van der Waals surface area contributed by atoms with E-state index in [1.54, 1.807) is 36.4 Å². The average molecular weight is 851 g/mol. The van der Waals surface area contributed by atoms with Gasteiger partial charge in [-0.05, 0) is 91.4 Å². The molecule has 13 heteroatoms. The largest absolute Gasteiger partial charge is 2.00 e. The number of rotatable bonds is 24. The molecule has 0 atom stereocenters. The van der Waals surface area contributed by atoms with Gasteiger partial charge in [0.2, 0.25) is 0 Å². The van der Waals surface area contributed by atoms with E-state index in [1.165, 1.54) is 113 Å². The number of phenolic OH excluding ortho intramolecular Hbond substituents is 1. The molecule has 0 aliphatic heterocycles. The monoisotopic (exact) mass is 850 g/mol. The standard InChI is InChI=1S/2C22H30O5S.Ca/c2*1-2-3-4-5-6-7-8-9-12-18-17-19(28(24,25)26)15-16-21(18)27-22-14-11-10-13-20(22)23;/h2*10-11,13-17,23H,2-9,12H2,1H3,(H,24,25,26);/q;;+2/p-2. The quantitative estimate of drug-likeness (QED) is 0.0392. The molecule has 10 nitrogen and oxygen atoms in total. The minimum atomic E-state index is -4.54. The van der Waals surface area contributed by atoms with Crippen molar-refractivity contribution in [1.82, 2.24) is 0 Å². The number of para-hydroxylation sites is 4. The van der Waals surface area contributed by atoms with Crippen LogP contribution in [0.2, 0.25) is 0 Å². The number of hydrogen-bond donors (Lipinski definition) is 2. The molecule has 0 aliphatic rings. The fraction of sp³-hybridized carbons (Fsp3) is 0.455. The van der Waals surface area contributed by atoms with E-state index in [9.17, 15) is 36.2 Å². The van der Waals surface area contributed by atoms with Crippen LogP contribution in [0.5, 0.6) is 34.5 Å². The van der Waals surface area contributed by atoms with Gasteiger partial charge >= 0.3 is 37.7 Å². The Morgan fingerprint density at radius 2 is 0.930 bits per heavy atom. The molecule has 4 rings (SSSR count). The molecule has 0 amide bonds. The van der Waals surface area contributed by atoms with Crippen LogP contribution in [-0.4, -0.2) is 68.8 Å². The van der Waals surface area contributed by atoms with Crippen LogP contribution in [0.1, 0.15) is 128 Å². The van der Waals surface area contributed by atoms with Gasteiger partial charge in [0.25, 0.3) is 10.1 Å². The molecule has 0 spiro atoms. The average Bonchev–Trinajstić information content (AvgIpc) is 3.16. The van der Waals surface area contributed by atoms with Gasteiger partial charge < -0.3 is 24.2 Å². The molecule has 0 unspecified atom stereocenters. The summed E-state index contributed by atoms with van der Waals surface area (Å²) in [5.74, 6) is 1.15. The van der Waals surface area contributed by atoms with Gasteiger partial charge in [0.05, 0.1) is 9.79 Å². The van der Waals surface area contributed by atoms with Gasteiger partial charge in [-0.1, -0.05) is 140 Å². The summed E-state index contributed by atoms with van der Waals surface area (Å²) in [6, 6.07) is 21.3. The third kappa shape index (κ3) is 19.2. The van der Waals surface area contributed by atoms with Crippen molar-refractivity contribution in [3.63, 3.8) is 0 Å². The molecular weight excluding hydrogens is 793 g/mol. The predicted molar refractivity (Wildman–Crippen MR) is 223 cm³/mol. The maximum atomic E-state index is 11.9. The summed E-state index contributed by atoms with van der Waals surface area (Å²) in [6.07, 6.45) is 19.9. The Hall–Kier alpha value is -2.84. The summed E-state index contributed by atoms with van der Waals surface area (Å²) in [4.78, 5) is -0.420. The van der Waals surface area contributed by atoms with Crippen molar-refractivity contribution in [2.75, 3.05) is 0 Å². The molecule has 4 aromatic carbocycles. The van der Waals surface area contributed by atoms with Crippen LogP contribution in [-0.2, 0) is 33.1 Å². The zero-order chi connectivity index (χ0) is 40.8. The summed E-state index contributed by atoms with van der Waals surface area (Å²) < 4.78 is 77.9. The summed E-state index contributed by atoms with van der Waals surface area (Å²) in [5.41, 5.74) is 1.33. The van der Waals surface area contributed by atoms with Crippen LogP contribution in [0.4, 0.5) is 0 Å². The van der Waals surface area contributed by atoms with Crippen molar-refractivity contribution >= 4 is 58.0 Å². The molecule has 2 N–H and O–H groups in total. The summed E-state index contributed by atoms with van der Waals surface area (Å²) >= 11 is 0. The van der Waals surface area contributed by atoms with E-state index in [-0.39, 0.29) is 64.8 Å². The molecule has 0 radical (unpaired) electrons. The number of ether oxygens (including phenoxy) is 2. The zero-order valence-electron chi connectivity index (χ0n) is 33.5. The van der Waals surface area contributed by atoms with Gasteiger partial charge in [0.15, 0.2) is 11.5 Å². The third-order valence-electron chi connectivity index (χ3n) is 9.40. The van der Waals surface area contributed by atoms with Crippen molar-refractivity contribution in [2.24, 2.45) is 0 Å². The summed E-state index contributed by atoms with van der Waals surface area (Å²) in [5, 5.41) is 21.8. The maximum Gasteiger partial charge on any atom is 2.00 e. The van der Waals surface area contributed by atoms with Gasteiger partial charge in [0.1, 0.15) is 27.4 Å². The Balaban J connectivity index is 0.000000387. The molecule has 0 saturated heterocycles. The Morgan fingerprint density at radius 1 is 0.526 bits per heavy atom. The third-order valence-corrected chi connectivity index (χ3v) is 11.1. The predicted octanol–water partition coefficient (Wildman–Crippen LogP) is 10.9. The number of aromatic hydroxyl groups is 1. The first-order chi connectivity index (χ1) is 26.8. The minimum Gasteiger partial charge on any atom is -0.870 e. The van der Waals surface area contributed by atoms with Crippen LogP contribution >= 0.6 is 0 Å².